The van der Waals surface area contributed by atoms with Gasteiger partial charge in [0, 0.05) is 33.8 Å². The van der Waals surface area contributed by atoms with Crippen LogP contribution in [0, 0.1) is 0 Å². The van der Waals surface area contributed by atoms with Crippen molar-refractivity contribution in [1.82, 2.24) is 4.57 Å². The number of furan rings is 1. The molecule has 0 spiro atoms. The second-order valence-corrected chi connectivity index (χ2v) is 11.9. The summed E-state index contributed by atoms with van der Waals surface area (Å²) in [4.78, 5) is 0.788. The van der Waals surface area contributed by atoms with Crippen LogP contribution in [-0.2, 0) is 37.6 Å². The van der Waals surface area contributed by atoms with Crippen LogP contribution in [0.2, 0.25) is 0 Å². The van der Waals surface area contributed by atoms with Crippen molar-refractivity contribution in [3.8, 4) is 16.8 Å². The van der Waals surface area contributed by atoms with Crippen LogP contribution in [0.4, 0.5) is 5.69 Å². The van der Waals surface area contributed by atoms with E-state index in [1.54, 1.807) is 0 Å². The van der Waals surface area contributed by atoms with Crippen molar-refractivity contribution in [3.05, 3.63) is 156 Å². The van der Waals surface area contributed by atoms with Gasteiger partial charge in [-0.15, -0.1) is 5.69 Å². The second-order valence-electron chi connectivity index (χ2n) is 11.5. The van der Waals surface area contributed by atoms with E-state index in [1.807, 2.05) is 6.07 Å². The van der Waals surface area contributed by atoms with E-state index < -0.39 is 0 Å². The third kappa shape index (κ3) is 4.57. The molecule has 2 aromatic heterocycles. The molecule has 0 aliphatic heterocycles. The van der Waals surface area contributed by atoms with Gasteiger partial charge in [0.05, 0.1) is 11.0 Å². The van der Waals surface area contributed by atoms with Crippen LogP contribution in [0.1, 0.15) is 17.7 Å². The van der Waals surface area contributed by atoms with E-state index in [1.165, 1.54) is 38.1 Å². The Morgan fingerprint density at radius 2 is 1.33 bits per heavy atom. The molecule has 0 unspecified atom stereocenters. The third-order valence-electron chi connectivity index (χ3n) is 8.86. The van der Waals surface area contributed by atoms with Gasteiger partial charge in [-0.05, 0) is 70.8 Å². The van der Waals surface area contributed by atoms with Crippen molar-refractivity contribution in [2.24, 2.45) is 0 Å². The van der Waals surface area contributed by atoms with E-state index in [0.29, 0.717) is 0 Å². The first-order valence-electron chi connectivity index (χ1n) is 15.0. The molecule has 1 radical (unpaired) electrons. The summed E-state index contributed by atoms with van der Waals surface area (Å²) < 4.78 is 8.68. The van der Waals surface area contributed by atoms with Gasteiger partial charge < -0.3 is 26.9 Å². The number of rotatable bonds is 4. The molecule has 0 atom stereocenters. The predicted octanol–water partition coefficient (Wildman–Crippen LogP) is 11.2. The van der Waals surface area contributed by atoms with Gasteiger partial charge in [0.2, 0.25) is 0 Å². The smallest absolute Gasteiger partial charge is 0.780 e. The third-order valence-corrected chi connectivity index (χ3v) is 9.30. The van der Waals surface area contributed by atoms with Crippen LogP contribution in [0.5, 0.6) is 0 Å². The zero-order chi connectivity index (χ0) is 29.2. The Labute approximate surface area is 278 Å². The maximum Gasteiger partial charge on any atom is 2.00 e. The van der Waals surface area contributed by atoms with Crippen LogP contribution in [0.25, 0.3) is 70.6 Å². The molecule has 5 heteroatoms. The first kappa shape index (κ1) is 27.8. The molecule has 0 amide bonds. The maximum atomic E-state index is 6.33. The minimum absolute atomic E-state index is 0. The van der Waals surface area contributed by atoms with Crippen LogP contribution >= 0.6 is 0 Å². The van der Waals surface area contributed by atoms with Gasteiger partial charge >= 0.3 is 18.6 Å². The van der Waals surface area contributed by atoms with Crippen molar-refractivity contribution in [2.45, 2.75) is 12.8 Å². The summed E-state index contributed by atoms with van der Waals surface area (Å²) in [5.74, 6) is 0.961. The van der Waals surface area contributed by atoms with Gasteiger partial charge in [-0.25, -0.2) is 0 Å². The Bertz CT molecular complexity index is 2420. The topological polar surface area (TPSA) is 32.2 Å². The normalized spacial score (nSPS) is 13.0. The summed E-state index contributed by atoms with van der Waals surface area (Å²) >= 11 is 6.03. The van der Waals surface area contributed by atoms with Crippen molar-refractivity contribution in [2.75, 3.05) is 0 Å². The van der Waals surface area contributed by atoms with E-state index >= 15 is 0 Å². The number of benzene rings is 6. The summed E-state index contributed by atoms with van der Waals surface area (Å²) in [6.45, 7) is 0. The number of allylic oxidation sites excluding steroid dienone is 1. The Morgan fingerprint density at radius 3 is 2.16 bits per heavy atom. The van der Waals surface area contributed by atoms with Crippen LogP contribution < -0.4 is 0 Å². The Morgan fingerprint density at radius 1 is 0.600 bits per heavy atom. The van der Waals surface area contributed by atoms with Gasteiger partial charge in [-0.3, -0.25) is 0 Å². The molecule has 8 aromatic rings. The monoisotopic (exact) mass is 633 g/mol. The molecule has 9 rings (SSSR count). The molecule has 0 fully saturated rings. The zero-order valence-corrected chi connectivity index (χ0v) is 26.5. The van der Waals surface area contributed by atoms with E-state index in [0.717, 1.165) is 62.7 Å². The number of hydrogen-bond donors (Lipinski definition) is 0. The van der Waals surface area contributed by atoms with Crippen molar-refractivity contribution < 1.29 is 23.0 Å². The van der Waals surface area contributed by atoms with Gasteiger partial charge in [-0.1, -0.05) is 91.0 Å². The second kappa shape index (κ2) is 11.0. The van der Waals surface area contributed by atoms with Crippen molar-refractivity contribution in [3.63, 3.8) is 0 Å². The molecule has 1 aliphatic carbocycles. The molecule has 2 heterocycles. The van der Waals surface area contributed by atoms with E-state index in [9.17, 15) is 0 Å². The molecular weight excluding hydrogens is 607 g/mol. The molecule has 6 aromatic carbocycles. The summed E-state index contributed by atoms with van der Waals surface area (Å²) in [6, 6.07) is 47.1. The fraction of sp³-hybridized carbons (Fsp3) is 0.0500. The molecule has 1 aliphatic rings. The molecular formula is C40H26N2OSV. The van der Waals surface area contributed by atoms with E-state index in [-0.39, 0.29) is 18.6 Å². The van der Waals surface area contributed by atoms with Gasteiger partial charge in [0.15, 0.2) is 0 Å². The van der Waals surface area contributed by atoms with Crippen LogP contribution in [0.3, 0.4) is 0 Å². The largest absolute Gasteiger partial charge is 2.00 e. The standard InChI is InChI=1S/C40H27N2OS.V/c44-40-34(20-21-37-39(40)32-19-14-28(24-38(32)43-37)25-8-2-1-3-9-25)41-29-15-17-30(18-16-29)42-35-13-7-6-12-31(35)33-22-26-10-4-5-11-27(26)23-36(33)42;/h1-19,22-24,44H,20-21H2;/q-1;+2/p-1. The van der Waals surface area contributed by atoms with E-state index in [4.69, 9.17) is 22.4 Å². The number of hydrogen-bond acceptors (Lipinski definition) is 2. The number of aryl methyl sites for hydroxylation is 1. The maximum absolute atomic E-state index is 6.33. The molecule has 0 saturated carbocycles. The molecule has 0 bridgehead atoms. The SMILES string of the molecule is [S-]C1=C([N-]c2ccc(-n3c4ccccc4c4cc5ccccc5cc43)cc2)CCc2oc3cc(-c4ccccc4)ccc3c21.[V+2]. The number of aromatic nitrogens is 1. The summed E-state index contributed by atoms with van der Waals surface area (Å²) in [6.07, 6.45) is 1.55. The van der Waals surface area contributed by atoms with Crippen molar-refractivity contribution in [1.29, 1.82) is 0 Å². The fourth-order valence-corrected chi connectivity index (χ4v) is 7.12. The van der Waals surface area contributed by atoms with Gasteiger partial charge in [-0.2, -0.15) is 10.6 Å². The summed E-state index contributed by atoms with van der Waals surface area (Å²) in [7, 11) is 0. The first-order valence-corrected chi connectivity index (χ1v) is 15.4. The average molecular weight is 634 g/mol. The minimum Gasteiger partial charge on any atom is -0.780 e. The minimum atomic E-state index is 0. The Hall–Kier alpha value is -4.74. The molecule has 213 valence electrons. The van der Waals surface area contributed by atoms with Crippen LogP contribution in [0.15, 0.2) is 144 Å². The molecule has 0 saturated heterocycles. The fourth-order valence-electron chi connectivity index (χ4n) is 6.74. The zero-order valence-electron chi connectivity index (χ0n) is 24.3. The molecule has 45 heavy (non-hydrogen) atoms. The predicted molar refractivity (Wildman–Crippen MR) is 186 cm³/mol. The quantitative estimate of drug-likeness (QED) is 0.181. The van der Waals surface area contributed by atoms with Gasteiger partial charge in [0.1, 0.15) is 11.3 Å². The number of fused-ring (bicyclic) bond motifs is 7. The average Bonchev–Trinajstić information content (AvgIpc) is 3.61. The Kier molecular flexibility index (Phi) is 6.80. The first-order chi connectivity index (χ1) is 21.7. The summed E-state index contributed by atoms with van der Waals surface area (Å²) in [5, 5.41) is 11.1. The van der Waals surface area contributed by atoms with Crippen molar-refractivity contribution >= 4 is 66.8 Å². The molecule has 0 N–H and O–H groups in total. The number of para-hydroxylation sites is 1. The van der Waals surface area contributed by atoms with Gasteiger partial charge in [0.25, 0.3) is 0 Å². The Balaban J connectivity index is 0.00000300. The van der Waals surface area contributed by atoms with E-state index in [2.05, 4.69) is 132 Å². The summed E-state index contributed by atoms with van der Waals surface area (Å²) in [5.41, 5.74) is 9.56. The van der Waals surface area contributed by atoms with Crippen LogP contribution in [-0.4, -0.2) is 4.57 Å². The molecule has 3 nitrogen and oxygen atoms in total. The number of nitrogens with zero attached hydrogens (tertiary/aromatic N) is 2.